The maximum atomic E-state index is 2.47. The van der Waals surface area contributed by atoms with E-state index in [1.54, 1.807) is 16.7 Å². The van der Waals surface area contributed by atoms with E-state index in [0.717, 1.165) is 11.8 Å². The topological polar surface area (TPSA) is 0 Å². The Labute approximate surface area is 79.3 Å². The van der Waals surface area contributed by atoms with Crippen LogP contribution in [0.15, 0.2) is 35.9 Å². The number of allylic oxidation sites excluding steroid dienone is 2. The van der Waals surface area contributed by atoms with E-state index < -0.39 is 0 Å². The second-order valence-electron chi connectivity index (χ2n) is 4.28. The normalized spacial score (nSPS) is 29.8. The van der Waals surface area contributed by atoms with Gasteiger partial charge < -0.3 is 0 Å². The van der Waals surface area contributed by atoms with Gasteiger partial charge in [0, 0.05) is 11.8 Å². The van der Waals surface area contributed by atoms with E-state index in [-0.39, 0.29) is 0 Å². The maximum absolute atomic E-state index is 2.47. The van der Waals surface area contributed by atoms with E-state index in [2.05, 4.69) is 37.3 Å². The predicted octanol–water partition coefficient (Wildman–Crippen LogP) is 3.61. The smallest absolute Gasteiger partial charge is 0.00488 e. The largest absolute Gasteiger partial charge is 0.0775 e. The summed E-state index contributed by atoms with van der Waals surface area (Å²) in [7, 11) is 0. The second kappa shape index (κ2) is 2.47. The Morgan fingerprint density at radius 2 is 1.85 bits per heavy atom. The van der Waals surface area contributed by atoms with Gasteiger partial charge in [0.25, 0.3) is 0 Å². The molecule has 3 aliphatic carbocycles. The lowest BCUT2D eigenvalue weighted by Gasteiger charge is -2.36. The van der Waals surface area contributed by atoms with Gasteiger partial charge in [-0.25, -0.2) is 0 Å². The molecular formula is C13H14. The summed E-state index contributed by atoms with van der Waals surface area (Å²) in [6.45, 7) is 2.28. The summed E-state index contributed by atoms with van der Waals surface area (Å²) in [5.74, 6) is 1.46. The molecule has 66 valence electrons. The summed E-state index contributed by atoms with van der Waals surface area (Å²) in [5, 5.41) is 0. The minimum absolute atomic E-state index is 0.723. The third-order valence-electron chi connectivity index (χ3n) is 3.55. The van der Waals surface area contributed by atoms with Crippen LogP contribution in [-0.4, -0.2) is 0 Å². The number of rotatable bonds is 0. The Balaban J connectivity index is 2.23. The molecule has 0 N–H and O–H groups in total. The van der Waals surface area contributed by atoms with E-state index in [9.17, 15) is 0 Å². The standard InChI is InChI=1S/C13H14/c1-9-8-10-6-7-11(9)13-5-3-2-4-12(10)13/h2-5,8,10-11H,6-7H2,1H3. The molecule has 0 aliphatic heterocycles. The fourth-order valence-corrected chi connectivity index (χ4v) is 2.90. The molecule has 2 unspecified atom stereocenters. The first kappa shape index (κ1) is 7.37. The summed E-state index contributed by atoms with van der Waals surface area (Å²) in [5.41, 5.74) is 4.78. The SMILES string of the molecule is CC1=CC2CCC1c1ccccc12. The average molecular weight is 170 g/mol. The number of hydrogen-bond acceptors (Lipinski definition) is 0. The van der Waals surface area contributed by atoms with Crippen molar-refractivity contribution in [2.45, 2.75) is 31.6 Å². The maximum Gasteiger partial charge on any atom is 0.00488 e. The molecule has 1 aromatic rings. The number of benzene rings is 1. The highest BCUT2D eigenvalue weighted by atomic mass is 14.3. The third-order valence-corrected chi connectivity index (χ3v) is 3.55. The van der Waals surface area contributed by atoms with Crippen molar-refractivity contribution >= 4 is 0 Å². The van der Waals surface area contributed by atoms with Gasteiger partial charge in [-0.3, -0.25) is 0 Å². The highest BCUT2D eigenvalue weighted by Gasteiger charge is 2.31. The van der Waals surface area contributed by atoms with E-state index in [4.69, 9.17) is 0 Å². The van der Waals surface area contributed by atoms with Crippen LogP contribution in [0, 0.1) is 0 Å². The third kappa shape index (κ3) is 0.918. The van der Waals surface area contributed by atoms with Crippen LogP contribution in [-0.2, 0) is 0 Å². The van der Waals surface area contributed by atoms with E-state index in [1.807, 2.05) is 0 Å². The molecule has 0 heterocycles. The van der Waals surface area contributed by atoms with Crippen LogP contribution in [0.1, 0.15) is 42.7 Å². The molecule has 0 saturated carbocycles. The van der Waals surface area contributed by atoms with Crippen LogP contribution in [0.5, 0.6) is 0 Å². The lowest BCUT2D eigenvalue weighted by Crippen LogP contribution is -2.19. The molecule has 2 bridgehead atoms. The zero-order valence-electron chi connectivity index (χ0n) is 7.96. The first-order valence-electron chi connectivity index (χ1n) is 5.13. The molecule has 0 heteroatoms. The molecule has 1 aromatic carbocycles. The van der Waals surface area contributed by atoms with Crippen molar-refractivity contribution in [3.8, 4) is 0 Å². The van der Waals surface area contributed by atoms with E-state index in [1.165, 1.54) is 12.8 Å². The molecule has 0 fully saturated rings. The van der Waals surface area contributed by atoms with Crippen molar-refractivity contribution in [1.29, 1.82) is 0 Å². The molecule has 13 heavy (non-hydrogen) atoms. The molecule has 0 nitrogen and oxygen atoms in total. The van der Waals surface area contributed by atoms with Crippen LogP contribution in [0.3, 0.4) is 0 Å². The van der Waals surface area contributed by atoms with Crippen LogP contribution in [0.4, 0.5) is 0 Å². The van der Waals surface area contributed by atoms with Crippen molar-refractivity contribution in [1.82, 2.24) is 0 Å². The average Bonchev–Trinajstić information content (AvgIpc) is 2.19. The van der Waals surface area contributed by atoms with Crippen molar-refractivity contribution in [3.05, 3.63) is 47.0 Å². The van der Waals surface area contributed by atoms with Crippen molar-refractivity contribution < 1.29 is 0 Å². The zero-order valence-corrected chi connectivity index (χ0v) is 7.96. The fraction of sp³-hybridized carbons (Fsp3) is 0.385. The van der Waals surface area contributed by atoms with Gasteiger partial charge in [0.15, 0.2) is 0 Å². The van der Waals surface area contributed by atoms with Gasteiger partial charge in [-0.2, -0.15) is 0 Å². The molecule has 2 atom stereocenters. The molecule has 0 spiro atoms. The summed E-state index contributed by atoms with van der Waals surface area (Å²) >= 11 is 0. The highest BCUT2D eigenvalue weighted by molar-refractivity contribution is 5.46. The Morgan fingerprint density at radius 1 is 1.08 bits per heavy atom. The molecule has 0 saturated heterocycles. The quantitative estimate of drug-likeness (QED) is 0.522. The zero-order chi connectivity index (χ0) is 8.84. The first-order valence-corrected chi connectivity index (χ1v) is 5.13. The summed E-state index contributed by atoms with van der Waals surface area (Å²) < 4.78 is 0. The van der Waals surface area contributed by atoms with Gasteiger partial charge in [-0.15, -0.1) is 0 Å². The monoisotopic (exact) mass is 170 g/mol. The molecule has 0 radical (unpaired) electrons. The predicted molar refractivity (Wildman–Crippen MR) is 54.9 cm³/mol. The minimum atomic E-state index is 0.723. The van der Waals surface area contributed by atoms with Crippen molar-refractivity contribution in [2.24, 2.45) is 0 Å². The molecule has 4 rings (SSSR count). The molecular weight excluding hydrogens is 156 g/mol. The van der Waals surface area contributed by atoms with Gasteiger partial charge in [-0.1, -0.05) is 35.9 Å². The summed E-state index contributed by atoms with van der Waals surface area (Å²) in [6.07, 6.45) is 5.19. The number of hydrogen-bond donors (Lipinski definition) is 0. The van der Waals surface area contributed by atoms with Crippen LogP contribution in [0.25, 0.3) is 0 Å². The lowest BCUT2D eigenvalue weighted by atomic mass is 9.68. The molecule has 0 aromatic heterocycles. The second-order valence-corrected chi connectivity index (χ2v) is 4.28. The molecule has 0 amide bonds. The van der Waals surface area contributed by atoms with Gasteiger partial charge in [0.05, 0.1) is 0 Å². The lowest BCUT2D eigenvalue weighted by molar-refractivity contribution is 0.530. The number of fused-ring (bicyclic) bond motifs is 1. The van der Waals surface area contributed by atoms with Gasteiger partial charge in [-0.05, 0) is 30.9 Å². The minimum Gasteiger partial charge on any atom is -0.0775 e. The van der Waals surface area contributed by atoms with Crippen LogP contribution in [0.2, 0.25) is 0 Å². The van der Waals surface area contributed by atoms with E-state index in [0.29, 0.717) is 0 Å². The summed E-state index contributed by atoms with van der Waals surface area (Å²) in [4.78, 5) is 0. The summed E-state index contributed by atoms with van der Waals surface area (Å²) in [6, 6.07) is 8.95. The van der Waals surface area contributed by atoms with Crippen molar-refractivity contribution in [2.75, 3.05) is 0 Å². The molecule has 3 aliphatic rings. The Morgan fingerprint density at radius 3 is 2.62 bits per heavy atom. The van der Waals surface area contributed by atoms with Gasteiger partial charge in [0.1, 0.15) is 0 Å². The Bertz CT molecular complexity index is 373. The van der Waals surface area contributed by atoms with Crippen LogP contribution >= 0.6 is 0 Å². The Hall–Kier alpha value is -1.04. The first-order chi connectivity index (χ1) is 6.36. The van der Waals surface area contributed by atoms with E-state index >= 15 is 0 Å². The van der Waals surface area contributed by atoms with Crippen molar-refractivity contribution in [3.63, 3.8) is 0 Å². The van der Waals surface area contributed by atoms with Crippen LogP contribution < -0.4 is 0 Å². The Kier molecular flexibility index (Phi) is 1.40. The fourth-order valence-electron chi connectivity index (χ4n) is 2.90. The van der Waals surface area contributed by atoms with Gasteiger partial charge in [0.2, 0.25) is 0 Å². The highest BCUT2D eigenvalue weighted by Crippen LogP contribution is 2.48. The van der Waals surface area contributed by atoms with Gasteiger partial charge >= 0.3 is 0 Å².